The molecule has 3 atom stereocenters. The first kappa shape index (κ1) is 32.4. The fourth-order valence-corrected chi connectivity index (χ4v) is 5.80. The molecule has 1 fully saturated rings. The average molecular weight is 647 g/mol. The fraction of sp³-hybridized carbons (Fsp3) is 0.231. The largest absolute Gasteiger partial charge is 0.445 e. The number of hydrogen-bond donors (Lipinski definition) is 5. The molecule has 1 aliphatic rings. The first-order valence-corrected chi connectivity index (χ1v) is 15.8. The number of carbonyl (C=O) groups excluding carboxylic acids is 2. The van der Waals surface area contributed by atoms with Gasteiger partial charge in [0.2, 0.25) is 16.1 Å². The lowest BCUT2D eigenvalue weighted by molar-refractivity contribution is 0.0798. The van der Waals surface area contributed by atoms with Gasteiger partial charge in [0.25, 0.3) is 0 Å². The van der Waals surface area contributed by atoms with E-state index in [1.54, 1.807) is 6.07 Å². The van der Waals surface area contributed by atoms with Crippen LogP contribution in [0.15, 0.2) is 71.1 Å². The quantitative estimate of drug-likeness (QED) is 0.0658. The van der Waals surface area contributed by atoms with Gasteiger partial charge in [-0.05, 0) is 48.4 Å². The summed E-state index contributed by atoms with van der Waals surface area (Å²) in [7, 11) is -4.84. The maximum Gasteiger partial charge on any atom is 0.414 e. The third-order valence-corrected chi connectivity index (χ3v) is 9.42. The molecule has 2 aromatic carbocycles. The third kappa shape index (κ3) is 8.32. The molecule has 232 valence electrons. The van der Waals surface area contributed by atoms with Crippen molar-refractivity contribution in [1.29, 1.82) is 5.41 Å². The molecular weight excluding hydrogens is 619 g/mol. The zero-order chi connectivity index (χ0) is 31.8. The lowest BCUT2D eigenvalue weighted by atomic mass is 10.1. The Morgan fingerprint density at radius 2 is 1.93 bits per heavy atom. The van der Waals surface area contributed by atoms with Gasteiger partial charge in [-0.1, -0.05) is 23.4 Å². The Balaban J connectivity index is 1.30. The molecule has 0 spiro atoms. The number of anilines is 2. The van der Waals surface area contributed by atoms with Crippen LogP contribution in [0.5, 0.6) is 0 Å². The molecule has 2 unspecified atom stereocenters. The van der Waals surface area contributed by atoms with E-state index in [9.17, 15) is 28.5 Å². The summed E-state index contributed by atoms with van der Waals surface area (Å²) in [6, 6.07) is 13.4. The van der Waals surface area contributed by atoms with Crippen molar-refractivity contribution in [2.75, 3.05) is 30.4 Å². The SMILES string of the molecule is CN/N=N\C(=N)c1ccc(-c2ccc(N3C[C@H](COC(=O)Nc4ccc(CC([PH](=O)O)[PH](=O)O)cc4)OC3=O)cc2F)cn1. The molecule has 0 aliphatic carbocycles. The molecule has 2 amide bonds. The van der Waals surface area contributed by atoms with Gasteiger partial charge in [-0.15, -0.1) is 5.11 Å². The number of cyclic esters (lactones) is 1. The highest BCUT2D eigenvalue weighted by molar-refractivity contribution is 7.57. The number of ether oxygens (including phenoxy) is 2. The van der Waals surface area contributed by atoms with Gasteiger partial charge < -0.3 is 19.3 Å². The van der Waals surface area contributed by atoms with E-state index >= 15 is 4.39 Å². The summed E-state index contributed by atoms with van der Waals surface area (Å²) in [5.41, 5.74) is 4.47. The van der Waals surface area contributed by atoms with Crippen LogP contribution >= 0.6 is 16.1 Å². The second-order valence-electron chi connectivity index (χ2n) is 9.34. The lowest BCUT2D eigenvalue weighted by Crippen LogP contribution is -2.27. The minimum atomic E-state index is -3.19. The van der Waals surface area contributed by atoms with Crippen LogP contribution < -0.4 is 15.6 Å². The van der Waals surface area contributed by atoms with Crippen LogP contribution in [-0.2, 0) is 25.0 Å². The van der Waals surface area contributed by atoms with Crippen molar-refractivity contribution < 1.29 is 42.4 Å². The van der Waals surface area contributed by atoms with E-state index in [4.69, 9.17) is 14.9 Å². The molecular formula is C26H28FN7O8P2. The second kappa shape index (κ2) is 14.8. The van der Waals surface area contributed by atoms with Gasteiger partial charge in [0.1, 0.15) is 23.5 Å². The standard InChI is InChI=1S/C26H28FN7O8P2/c1-29-33-32-24(28)22-9-4-16(12-30-22)20-8-7-18(11-21(20)27)34-13-19(42-26(34)36)14-41-25(35)31-17-5-2-15(3-6-17)10-23(43(37)38)44(39)40/h2-9,11-12,19,23,43-44H,10,13-14H2,1H3,(H,31,35)(H,37,38)(H,39,40)(H2,28,29,32)/t19-/m1/s1. The van der Waals surface area contributed by atoms with Gasteiger partial charge in [0, 0.05) is 30.1 Å². The van der Waals surface area contributed by atoms with Gasteiger partial charge in [-0.25, -0.2) is 14.0 Å². The minimum absolute atomic E-state index is 0.00227. The van der Waals surface area contributed by atoms with Gasteiger partial charge in [0.15, 0.2) is 11.9 Å². The number of aromatic nitrogens is 1. The number of carbonyl (C=O) groups is 2. The first-order chi connectivity index (χ1) is 21.0. The monoisotopic (exact) mass is 647 g/mol. The summed E-state index contributed by atoms with van der Waals surface area (Å²) in [5.74, 6) is -0.791. The second-order valence-corrected chi connectivity index (χ2v) is 12.7. The molecule has 15 nitrogen and oxygen atoms in total. The van der Waals surface area contributed by atoms with Crippen molar-refractivity contribution in [1.82, 2.24) is 10.4 Å². The molecule has 18 heteroatoms. The van der Waals surface area contributed by atoms with E-state index < -0.39 is 45.6 Å². The highest BCUT2D eigenvalue weighted by atomic mass is 31.2. The van der Waals surface area contributed by atoms with Gasteiger partial charge in [-0.3, -0.25) is 35.2 Å². The molecule has 5 N–H and O–H groups in total. The Morgan fingerprint density at radius 3 is 2.55 bits per heavy atom. The Kier molecular flexibility index (Phi) is 10.9. The number of halogens is 1. The van der Waals surface area contributed by atoms with E-state index in [0.29, 0.717) is 16.8 Å². The zero-order valence-electron chi connectivity index (χ0n) is 23.1. The summed E-state index contributed by atoms with van der Waals surface area (Å²) < 4.78 is 48.1. The van der Waals surface area contributed by atoms with E-state index in [0.717, 1.165) is 0 Å². The summed E-state index contributed by atoms with van der Waals surface area (Å²) in [6.07, 6.45) is -1.06. The number of hydrogen-bond acceptors (Lipinski definition) is 9. The predicted molar refractivity (Wildman–Crippen MR) is 159 cm³/mol. The Labute approximate surface area is 251 Å². The van der Waals surface area contributed by atoms with E-state index in [1.165, 1.54) is 66.7 Å². The highest BCUT2D eigenvalue weighted by Crippen LogP contribution is 2.41. The predicted octanol–water partition coefficient (Wildman–Crippen LogP) is 4.18. The summed E-state index contributed by atoms with van der Waals surface area (Å²) >= 11 is 0. The minimum Gasteiger partial charge on any atom is -0.445 e. The molecule has 1 aliphatic heterocycles. The van der Waals surface area contributed by atoms with Crippen LogP contribution in [0.3, 0.4) is 0 Å². The maximum absolute atomic E-state index is 15.0. The van der Waals surface area contributed by atoms with Crippen molar-refractivity contribution in [2.24, 2.45) is 10.3 Å². The van der Waals surface area contributed by atoms with E-state index in [1.807, 2.05) is 0 Å². The van der Waals surface area contributed by atoms with Crippen molar-refractivity contribution in [2.45, 2.75) is 17.9 Å². The topological polar surface area (TPSA) is 216 Å². The molecule has 3 aromatic rings. The number of pyridine rings is 1. The van der Waals surface area contributed by atoms with Crippen molar-refractivity contribution >= 4 is 45.5 Å². The smallest absolute Gasteiger partial charge is 0.414 e. The van der Waals surface area contributed by atoms with E-state index in [2.05, 4.69) is 26.1 Å². The normalized spacial score (nSPS) is 16.7. The molecule has 4 rings (SSSR count). The average Bonchev–Trinajstić information content (AvgIpc) is 3.38. The van der Waals surface area contributed by atoms with Crippen molar-refractivity contribution in [3.8, 4) is 11.1 Å². The van der Waals surface area contributed by atoms with Crippen LogP contribution in [0.2, 0.25) is 0 Å². The number of benzene rings is 2. The van der Waals surface area contributed by atoms with Crippen LogP contribution in [0.1, 0.15) is 11.3 Å². The first-order valence-electron chi connectivity index (χ1n) is 12.9. The molecule has 1 aromatic heterocycles. The number of nitrogens with zero attached hydrogens (tertiary/aromatic N) is 4. The number of amides is 2. The van der Waals surface area contributed by atoms with Crippen LogP contribution in [-0.4, -0.2) is 64.5 Å². The maximum atomic E-state index is 15.0. The molecule has 1 saturated heterocycles. The number of nitrogens with one attached hydrogen (secondary N) is 3. The van der Waals surface area contributed by atoms with E-state index in [-0.39, 0.29) is 42.4 Å². The van der Waals surface area contributed by atoms with Gasteiger partial charge >= 0.3 is 12.2 Å². The lowest BCUT2D eigenvalue weighted by Gasteiger charge is -2.14. The Morgan fingerprint density at radius 1 is 1.20 bits per heavy atom. The molecule has 0 bridgehead atoms. The third-order valence-electron chi connectivity index (χ3n) is 6.34. The van der Waals surface area contributed by atoms with Crippen molar-refractivity contribution in [3.63, 3.8) is 0 Å². The number of amidine groups is 1. The molecule has 44 heavy (non-hydrogen) atoms. The molecule has 2 heterocycles. The summed E-state index contributed by atoms with van der Waals surface area (Å²) in [5, 5.41) is 16.2. The molecule has 0 saturated carbocycles. The van der Waals surface area contributed by atoms with Gasteiger partial charge in [0.05, 0.1) is 12.2 Å². The van der Waals surface area contributed by atoms with Gasteiger partial charge in [-0.2, -0.15) is 0 Å². The highest BCUT2D eigenvalue weighted by Gasteiger charge is 2.33. The Bertz CT molecular complexity index is 1590. The summed E-state index contributed by atoms with van der Waals surface area (Å²) in [6.45, 7) is -0.271. The van der Waals surface area contributed by atoms with Crippen LogP contribution in [0.25, 0.3) is 11.1 Å². The van der Waals surface area contributed by atoms with Crippen LogP contribution in [0, 0.1) is 11.2 Å². The number of rotatable bonds is 11. The van der Waals surface area contributed by atoms with Crippen LogP contribution in [0.4, 0.5) is 25.4 Å². The zero-order valence-corrected chi connectivity index (χ0v) is 25.1. The Hall–Kier alpha value is -4.49. The van der Waals surface area contributed by atoms with Crippen molar-refractivity contribution in [3.05, 3.63) is 77.9 Å². The summed E-state index contributed by atoms with van der Waals surface area (Å²) in [4.78, 5) is 48.5. The fourth-order valence-electron chi connectivity index (χ4n) is 4.13. The molecule has 0 radical (unpaired) electrons.